The van der Waals surface area contributed by atoms with E-state index in [2.05, 4.69) is 10.3 Å². The molecule has 2 amide bonds. The molecule has 1 heterocycles. The first kappa shape index (κ1) is 29.8. The Hall–Kier alpha value is -2.20. The maximum atomic E-state index is 13.5. The van der Waals surface area contributed by atoms with Crippen molar-refractivity contribution in [1.82, 2.24) is 15.2 Å². The van der Waals surface area contributed by atoms with E-state index in [1.165, 1.54) is 11.3 Å². The normalized spacial score (nSPS) is 15.3. The van der Waals surface area contributed by atoms with Crippen LogP contribution in [0.4, 0.5) is 4.79 Å². The van der Waals surface area contributed by atoms with E-state index >= 15 is 0 Å². The number of alkyl carbamates (subject to hydrolysis) is 1. The molecule has 1 aromatic rings. The first-order valence-electron chi connectivity index (χ1n) is 11.9. The van der Waals surface area contributed by atoms with E-state index < -0.39 is 29.7 Å². The van der Waals surface area contributed by atoms with Crippen LogP contribution in [-0.2, 0) is 14.3 Å². The predicted molar refractivity (Wildman–Crippen MR) is 134 cm³/mol. The van der Waals surface area contributed by atoms with Crippen LogP contribution in [0.25, 0.3) is 0 Å². The summed E-state index contributed by atoms with van der Waals surface area (Å²) in [5, 5.41) is 5.01. The minimum Gasteiger partial charge on any atom is -0.461 e. The Kier molecular flexibility index (Phi) is 11.4. The van der Waals surface area contributed by atoms with Crippen LogP contribution in [0, 0.1) is 11.8 Å². The Morgan fingerprint density at radius 1 is 1.21 bits per heavy atom. The third-order valence-electron chi connectivity index (χ3n) is 5.59. The first-order valence-corrected chi connectivity index (χ1v) is 12.7. The first-order chi connectivity index (χ1) is 15.7. The number of hydrogen-bond acceptors (Lipinski definition) is 8. The Labute approximate surface area is 207 Å². The molecule has 0 radical (unpaired) electrons. The van der Waals surface area contributed by atoms with E-state index in [0.717, 1.165) is 0 Å². The van der Waals surface area contributed by atoms with Gasteiger partial charge < -0.3 is 25.4 Å². The number of aromatic nitrogens is 1. The van der Waals surface area contributed by atoms with Gasteiger partial charge in [0.2, 0.25) is 5.91 Å². The smallest absolute Gasteiger partial charge is 0.408 e. The van der Waals surface area contributed by atoms with Crippen LogP contribution in [0.3, 0.4) is 0 Å². The number of nitrogens with two attached hydrogens (primary N) is 1. The zero-order chi connectivity index (χ0) is 26.2. The second kappa shape index (κ2) is 13.0. The van der Waals surface area contributed by atoms with Gasteiger partial charge in [0.1, 0.15) is 16.7 Å². The molecule has 1 aromatic heterocycles. The van der Waals surface area contributed by atoms with Crippen molar-refractivity contribution in [3.63, 3.8) is 0 Å². The molecule has 0 aliphatic rings. The summed E-state index contributed by atoms with van der Waals surface area (Å²) in [5.41, 5.74) is 6.01. The van der Waals surface area contributed by atoms with Gasteiger partial charge in [-0.1, -0.05) is 34.1 Å². The van der Waals surface area contributed by atoms with Gasteiger partial charge in [-0.15, -0.1) is 11.3 Å². The van der Waals surface area contributed by atoms with Gasteiger partial charge in [-0.05, 0) is 46.0 Å². The summed E-state index contributed by atoms with van der Waals surface area (Å²) in [6.45, 7) is 15.3. The van der Waals surface area contributed by atoms with Crippen LogP contribution in [0.2, 0.25) is 0 Å². The number of amides is 2. The van der Waals surface area contributed by atoms with Gasteiger partial charge in [0, 0.05) is 18.5 Å². The minimum absolute atomic E-state index is 0.0879. The molecule has 3 N–H and O–H groups in total. The summed E-state index contributed by atoms with van der Waals surface area (Å²) in [6.07, 6.45) is 0.545. The highest BCUT2D eigenvalue weighted by Gasteiger charge is 2.35. The van der Waals surface area contributed by atoms with Crippen molar-refractivity contribution in [3.8, 4) is 0 Å². The van der Waals surface area contributed by atoms with Crippen LogP contribution in [0.1, 0.15) is 89.8 Å². The average Bonchev–Trinajstić information content (AvgIpc) is 3.23. The Balaban J connectivity index is 3.02. The molecular formula is C24H42N4O5S. The van der Waals surface area contributed by atoms with Crippen molar-refractivity contribution >= 4 is 29.3 Å². The molecule has 9 nitrogen and oxygen atoms in total. The van der Waals surface area contributed by atoms with Crippen molar-refractivity contribution < 1.29 is 23.9 Å². The standard InChI is InChI=1S/C24H42N4O5S/c1-10-15(5)19(27-23(31)33-24(6,7)8)21(29)28(9)18(14(3)4)12-16(25)20-26-17(13-34-20)22(30)32-11-2/h13-16,18-19H,10-12,25H2,1-9H3,(H,27,31)/t15-,16+,18+,19-/m0/s1. The topological polar surface area (TPSA) is 124 Å². The van der Waals surface area contributed by atoms with Gasteiger partial charge in [0.25, 0.3) is 0 Å². The molecule has 1 rings (SSSR count). The maximum Gasteiger partial charge on any atom is 0.408 e. The summed E-state index contributed by atoms with van der Waals surface area (Å²) in [4.78, 5) is 43.9. The fourth-order valence-corrected chi connectivity index (χ4v) is 4.30. The number of likely N-dealkylation sites (N-methyl/N-ethyl adjacent to an activating group) is 1. The van der Waals surface area contributed by atoms with Crippen LogP contribution < -0.4 is 11.1 Å². The molecule has 4 atom stereocenters. The number of carbonyl (C=O) groups is 3. The average molecular weight is 499 g/mol. The number of hydrogen-bond donors (Lipinski definition) is 2. The molecule has 10 heteroatoms. The van der Waals surface area contributed by atoms with Gasteiger partial charge in [-0.2, -0.15) is 0 Å². The molecule has 0 fully saturated rings. The van der Waals surface area contributed by atoms with Crippen molar-refractivity contribution in [2.24, 2.45) is 17.6 Å². The molecule has 0 saturated heterocycles. The molecule has 0 spiro atoms. The third-order valence-corrected chi connectivity index (χ3v) is 6.56. The molecule has 0 unspecified atom stereocenters. The molecule has 0 aliphatic heterocycles. The molecule has 0 saturated carbocycles. The van der Waals surface area contributed by atoms with E-state index in [0.29, 0.717) is 17.8 Å². The van der Waals surface area contributed by atoms with Gasteiger partial charge in [0.15, 0.2) is 5.69 Å². The molecule has 34 heavy (non-hydrogen) atoms. The van der Waals surface area contributed by atoms with E-state index in [-0.39, 0.29) is 36.1 Å². The van der Waals surface area contributed by atoms with Crippen LogP contribution in [-0.4, -0.2) is 59.2 Å². The van der Waals surface area contributed by atoms with Crippen LogP contribution in [0.5, 0.6) is 0 Å². The summed E-state index contributed by atoms with van der Waals surface area (Å²) in [6, 6.07) is -1.39. The molecule has 0 aromatic carbocycles. The fourth-order valence-electron chi connectivity index (χ4n) is 3.50. The maximum absolute atomic E-state index is 13.5. The lowest BCUT2D eigenvalue weighted by Crippen LogP contribution is -2.55. The molecule has 194 valence electrons. The van der Waals surface area contributed by atoms with Gasteiger partial charge >= 0.3 is 12.1 Å². The number of nitrogens with one attached hydrogen (secondary N) is 1. The van der Waals surface area contributed by atoms with Crippen molar-refractivity contribution in [1.29, 1.82) is 0 Å². The third kappa shape index (κ3) is 8.87. The SMILES string of the molecule is CCOC(=O)c1csc([C@H](N)C[C@H](C(C)C)N(C)C(=O)[C@@H](NC(=O)OC(C)(C)C)[C@@H](C)CC)n1. The van der Waals surface area contributed by atoms with E-state index in [1.54, 1.807) is 45.0 Å². The number of carbonyl (C=O) groups excluding carboxylic acids is 3. The molecular weight excluding hydrogens is 456 g/mol. The summed E-state index contributed by atoms with van der Waals surface area (Å²) in [7, 11) is 1.73. The lowest BCUT2D eigenvalue weighted by atomic mass is 9.93. The minimum atomic E-state index is -0.724. The molecule has 0 bridgehead atoms. The monoisotopic (exact) mass is 498 g/mol. The number of rotatable bonds is 11. The fraction of sp³-hybridized carbons (Fsp3) is 0.750. The van der Waals surface area contributed by atoms with Gasteiger partial charge in [0.05, 0.1) is 12.6 Å². The molecule has 0 aliphatic carbocycles. The Bertz CT molecular complexity index is 821. The second-order valence-corrected chi connectivity index (χ2v) is 10.8. The quantitative estimate of drug-likeness (QED) is 0.440. The number of ether oxygens (including phenoxy) is 2. The number of thiazole rings is 1. The van der Waals surface area contributed by atoms with E-state index in [4.69, 9.17) is 15.2 Å². The number of nitrogens with zero attached hydrogens (tertiary/aromatic N) is 2. The largest absolute Gasteiger partial charge is 0.461 e. The zero-order valence-electron chi connectivity index (χ0n) is 22.0. The van der Waals surface area contributed by atoms with E-state index in [1.807, 2.05) is 27.7 Å². The van der Waals surface area contributed by atoms with E-state index in [9.17, 15) is 14.4 Å². The second-order valence-electron chi connectivity index (χ2n) is 9.90. The summed E-state index contributed by atoms with van der Waals surface area (Å²) < 4.78 is 10.4. The van der Waals surface area contributed by atoms with Crippen molar-refractivity contribution in [2.45, 2.75) is 92.0 Å². The number of esters is 1. The summed E-state index contributed by atoms with van der Waals surface area (Å²) >= 11 is 1.30. The Morgan fingerprint density at radius 3 is 2.32 bits per heavy atom. The Morgan fingerprint density at radius 2 is 1.82 bits per heavy atom. The highest BCUT2D eigenvalue weighted by atomic mass is 32.1. The van der Waals surface area contributed by atoms with Crippen LogP contribution in [0.15, 0.2) is 5.38 Å². The highest BCUT2D eigenvalue weighted by molar-refractivity contribution is 7.09. The van der Waals surface area contributed by atoms with Gasteiger partial charge in [-0.25, -0.2) is 14.6 Å². The van der Waals surface area contributed by atoms with Crippen molar-refractivity contribution in [3.05, 3.63) is 16.1 Å². The highest BCUT2D eigenvalue weighted by Crippen LogP contribution is 2.26. The van der Waals surface area contributed by atoms with Crippen LogP contribution >= 0.6 is 11.3 Å². The zero-order valence-corrected chi connectivity index (χ0v) is 22.8. The lowest BCUT2D eigenvalue weighted by Gasteiger charge is -2.36. The lowest BCUT2D eigenvalue weighted by molar-refractivity contribution is -0.136. The predicted octanol–water partition coefficient (Wildman–Crippen LogP) is 4.13. The summed E-state index contributed by atoms with van der Waals surface area (Å²) in [5.74, 6) is -0.661. The van der Waals surface area contributed by atoms with Crippen molar-refractivity contribution in [2.75, 3.05) is 13.7 Å². The van der Waals surface area contributed by atoms with Gasteiger partial charge in [-0.3, -0.25) is 4.79 Å².